The van der Waals surface area contributed by atoms with E-state index in [4.69, 9.17) is 18.9 Å². The van der Waals surface area contributed by atoms with Crippen LogP contribution < -0.4 is 9.47 Å². The quantitative estimate of drug-likeness (QED) is 0.702. The zero-order chi connectivity index (χ0) is 18.1. The minimum Gasteiger partial charge on any atom is -0.454 e. The minimum atomic E-state index is -0.866. The minimum absolute atomic E-state index is 0.0814. The molecule has 2 fully saturated rings. The standard InChI is InChI=1S/C19H21NO6/c1-19(2)25-16-7-13(21)11-3-4-20(18(22)17(16)26-19)8-10-5-14-15(6-12(10)11)24-9-23-14/h5-6,11,16-17H,3-4,7-9H2,1-2H3/t11-,16+,17-/m1/s1. The van der Waals surface area contributed by atoms with E-state index in [1.165, 1.54) is 0 Å². The molecule has 2 bridgehead atoms. The van der Waals surface area contributed by atoms with Crippen molar-refractivity contribution in [3.63, 3.8) is 0 Å². The summed E-state index contributed by atoms with van der Waals surface area (Å²) in [5, 5.41) is 0. The van der Waals surface area contributed by atoms with E-state index in [-0.39, 0.29) is 30.8 Å². The molecule has 0 unspecified atom stereocenters. The van der Waals surface area contributed by atoms with Crippen molar-refractivity contribution in [1.82, 2.24) is 4.90 Å². The molecule has 26 heavy (non-hydrogen) atoms. The number of fused-ring (bicyclic) bond motifs is 7. The summed E-state index contributed by atoms with van der Waals surface area (Å²) in [5.74, 6) is 0.162. The number of nitrogens with zero attached hydrogens (tertiary/aromatic N) is 1. The van der Waals surface area contributed by atoms with Gasteiger partial charge in [-0.3, -0.25) is 9.59 Å². The van der Waals surface area contributed by atoms with E-state index in [1.807, 2.05) is 12.1 Å². The van der Waals surface area contributed by atoms with E-state index in [2.05, 4.69) is 0 Å². The maximum atomic E-state index is 13.1. The van der Waals surface area contributed by atoms with Crippen molar-refractivity contribution in [1.29, 1.82) is 0 Å². The fourth-order valence-corrected chi connectivity index (χ4v) is 4.42. The van der Waals surface area contributed by atoms with Crippen LogP contribution in [0, 0.1) is 0 Å². The molecule has 4 aliphatic heterocycles. The van der Waals surface area contributed by atoms with Crippen molar-refractivity contribution in [3.8, 4) is 11.5 Å². The van der Waals surface area contributed by atoms with Crippen LogP contribution in [-0.4, -0.2) is 47.9 Å². The molecule has 1 amide bonds. The van der Waals surface area contributed by atoms with E-state index < -0.39 is 18.0 Å². The molecule has 0 aliphatic carbocycles. The molecule has 2 saturated heterocycles. The zero-order valence-electron chi connectivity index (χ0n) is 14.8. The van der Waals surface area contributed by atoms with Crippen molar-refractivity contribution in [2.45, 2.75) is 57.1 Å². The first kappa shape index (κ1) is 16.1. The first-order chi connectivity index (χ1) is 12.4. The summed E-state index contributed by atoms with van der Waals surface area (Å²) in [7, 11) is 0. The van der Waals surface area contributed by atoms with Gasteiger partial charge in [0, 0.05) is 25.4 Å². The zero-order valence-corrected chi connectivity index (χ0v) is 14.8. The van der Waals surface area contributed by atoms with Crippen LogP contribution >= 0.6 is 0 Å². The smallest absolute Gasteiger partial charge is 0.254 e. The first-order valence-corrected chi connectivity index (χ1v) is 9.01. The molecule has 0 aromatic heterocycles. The molecule has 0 saturated carbocycles. The number of Topliss-reactive ketones (excluding diaryl/α,β-unsaturated/α-hetero) is 1. The molecule has 0 spiro atoms. The van der Waals surface area contributed by atoms with Crippen LogP contribution in [0.1, 0.15) is 43.7 Å². The number of hydrogen-bond donors (Lipinski definition) is 0. The van der Waals surface area contributed by atoms with E-state index in [0.29, 0.717) is 31.0 Å². The van der Waals surface area contributed by atoms with Crippen LogP contribution in [0.25, 0.3) is 0 Å². The Morgan fingerprint density at radius 2 is 1.88 bits per heavy atom. The van der Waals surface area contributed by atoms with Gasteiger partial charge in [-0.1, -0.05) is 0 Å². The summed E-state index contributed by atoms with van der Waals surface area (Å²) in [6, 6.07) is 3.81. The highest BCUT2D eigenvalue weighted by molar-refractivity contribution is 5.90. The van der Waals surface area contributed by atoms with Gasteiger partial charge in [-0.05, 0) is 43.5 Å². The average molecular weight is 359 g/mol. The normalized spacial score (nSPS) is 31.8. The molecule has 1 aromatic rings. The third kappa shape index (κ3) is 2.41. The lowest BCUT2D eigenvalue weighted by Gasteiger charge is -2.26. The highest BCUT2D eigenvalue weighted by Gasteiger charge is 2.49. The Balaban J connectivity index is 1.60. The maximum Gasteiger partial charge on any atom is 0.254 e. The number of carbonyl (C=O) groups is 2. The summed E-state index contributed by atoms with van der Waals surface area (Å²) in [6.07, 6.45) is -0.501. The van der Waals surface area contributed by atoms with Gasteiger partial charge in [0.15, 0.2) is 23.4 Å². The Kier molecular flexibility index (Phi) is 3.36. The Morgan fingerprint density at radius 3 is 2.69 bits per heavy atom. The summed E-state index contributed by atoms with van der Waals surface area (Å²) in [6.45, 7) is 4.68. The molecule has 3 atom stereocenters. The van der Waals surface area contributed by atoms with Crippen LogP contribution in [0.3, 0.4) is 0 Å². The van der Waals surface area contributed by atoms with E-state index in [9.17, 15) is 9.59 Å². The predicted octanol–water partition coefficient (Wildman–Crippen LogP) is 1.72. The lowest BCUT2D eigenvalue weighted by molar-refractivity contribution is -0.162. The van der Waals surface area contributed by atoms with Crippen molar-refractivity contribution in [2.75, 3.05) is 13.3 Å². The number of amides is 1. The lowest BCUT2D eigenvalue weighted by Crippen LogP contribution is -2.43. The maximum absolute atomic E-state index is 13.1. The van der Waals surface area contributed by atoms with Gasteiger partial charge in [0.1, 0.15) is 11.9 Å². The summed E-state index contributed by atoms with van der Waals surface area (Å²) in [5.41, 5.74) is 1.88. The summed E-state index contributed by atoms with van der Waals surface area (Å²) >= 11 is 0. The highest BCUT2D eigenvalue weighted by Crippen LogP contribution is 2.42. The highest BCUT2D eigenvalue weighted by atomic mass is 16.8. The monoisotopic (exact) mass is 359 g/mol. The largest absolute Gasteiger partial charge is 0.454 e. The fourth-order valence-electron chi connectivity index (χ4n) is 4.42. The average Bonchev–Trinajstić information content (AvgIpc) is 3.09. The van der Waals surface area contributed by atoms with Gasteiger partial charge in [-0.15, -0.1) is 0 Å². The van der Waals surface area contributed by atoms with E-state index in [1.54, 1.807) is 18.7 Å². The molecule has 1 aromatic carbocycles. The van der Waals surface area contributed by atoms with Crippen molar-refractivity contribution in [2.24, 2.45) is 0 Å². The van der Waals surface area contributed by atoms with Gasteiger partial charge in [0.25, 0.3) is 5.91 Å². The molecule has 4 aliphatic rings. The lowest BCUT2D eigenvalue weighted by atomic mass is 9.86. The van der Waals surface area contributed by atoms with Gasteiger partial charge < -0.3 is 23.8 Å². The van der Waals surface area contributed by atoms with Crippen LogP contribution in [0.4, 0.5) is 0 Å². The number of ketones is 1. The molecule has 138 valence electrons. The second kappa shape index (κ2) is 5.44. The fraction of sp³-hybridized carbons (Fsp3) is 0.579. The van der Waals surface area contributed by atoms with Gasteiger partial charge in [0.2, 0.25) is 6.79 Å². The molecular weight excluding hydrogens is 338 g/mol. The van der Waals surface area contributed by atoms with Crippen molar-refractivity contribution in [3.05, 3.63) is 23.3 Å². The number of benzene rings is 1. The van der Waals surface area contributed by atoms with Crippen LogP contribution in [0.2, 0.25) is 0 Å². The van der Waals surface area contributed by atoms with E-state index in [0.717, 1.165) is 11.1 Å². The van der Waals surface area contributed by atoms with E-state index >= 15 is 0 Å². The third-order valence-electron chi connectivity index (χ3n) is 5.59. The molecule has 4 heterocycles. The summed E-state index contributed by atoms with van der Waals surface area (Å²) in [4.78, 5) is 28.0. The third-order valence-corrected chi connectivity index (χ3v) is 5.59. The Morgan fingerprint density at radius 1 is 1.12 bits per heavy atom. The van der Waals surface area contributed by atoms with Gasteiger partial charge in [0.05, 0.1) is 0 Å². The van der Waals surface area contributed by atoms with Crippen LogP contribution in [0.15, 0.2) is 12.1 Å². The van der Waals surface area contributed by atoms with Gasteiger partial charge in [-0.25, -0.2) is 0 Å². The number of carbonyl (C=O) groups excluding carboxylic acids is 2. The number of ether oxygens (including phenoxy) is 4. The van der Waals surface area contributed by atoms with Crippen LogP contribution in [0.5, 0.6) is 11.5 Å². The first-order valence-electron chi connectivity index (χ1n) is 9.01. The molecule has 0 radical (unpaired) electrons. The molecule has 7 heteroatoms. The molecule has 5 rings (SSSR count). The SMILES string of the molecule is CC1(C)O[C@H]2CC(=O)[C@@H]3CCN(Cc4cc5c(cc43)OCO5)C(=O)[C@@H]2O1. The summed E-state index contributed by atoms with van der Waals surface area (Å²) < 4.78 is 22.7. The topological polar surface area (TPSA) is 74.3 Å². The number of hydrogen-bond acceptors (Lipinski definition) is 6. The Hall–Kier alpha value is -2.12. The van der Waals surface area contributed by atoms with Crippen molar-refractivity contribution < 1.29 is 28.5 Å². The molecular formula is C19H21NO6. The molecule has 0 N–H and O–H groups in total. The van der Waals surface area contributed by atoms with Crippen LogP contribution in [-0.2, 0) is 25.6 Å². The van der Waals surface area contributed by atoms with Gasteiger partial charge >= 0.3 is 0 Å². The number of rotatable bonds is 0. The second-order valence-corrected chi connectivity index (χ2v) is 7.77. The Labute approximate surface area is 151 Å². The second-order valence-electron chi connectivity index (χ2n) is 7.77. The van der Waals surface area contributed by atoms with Crippen molar-refractivity contribution >= 4 is 11.7 Å². The predicted molar refractivity (Wildman–Crippen MR) is 88.8 cm³/mol. The van der Waals surface area contributed by atoms with Gasteiger partial charge in [-0.2, -0.15) is 0 Å². The molecule has 7 nitrogen and oxygen atoms in total. The Bertz CT molecular complexity index is 803.